The normalized spacial score (nSPS) is 12.4. The average Bonchev–Trinajstić information content (AvgIpc) is 3.55. The van der Waals surface area contributed by atoms with Crippen molar-refractivity contribution in [1.29, 1.82) is 0 Å². The van der Waals surface area contributed by atoms with E-state index in [2.05, 4.69) is 98.8 Å². The van der Waals surface area contributed by atoms with E-state index in [0.29, 0.717) is 0 Å². The second-order valence-electron chi connectivity index (χ2n) is 14.1. The van der Waals surface area contributed by atoms with Gasteiger partial charge in [0.1, 0.15) is 16.3 Å². The van der Waals surface area contributed by atoms with Crippen LogP contribution in [-0.2, 0) is 30.3 Å². The molecular formula is C42H51IrN2O2S-. The molecule has 4 nitrogen and oxygen atoms in total. The van der Waals surface area contributed by atoms with Crippen LogP contribution in [0.15, 0.2) is 84.2 Å². The first kappa shape index (κ1) is 39.1. The summed E-state index contributed by atoms with van der Waals surface area (Å²) in [4.78, 5) is 17.9. The monoisotopic (exact) mass is 840 g/mol. The number of carbonyl (C=O) groups excluding carboxylic acids is 1. The quantitative estimate of drug-likeness (QED) is 0.0696. The summed E-state index contributed by atoms with van der Waals surface area (Å²) >= 11 is 1.67. The predicted molar refractivity (Wildman–Crippen MR) is 200 cm³/mol. The molecule has 257 valence electrons. The summed E-state index contributed by atoms with van der Waals surface area (Å²) in [6, 6.07) is 23.0. The van der Waals surface area contributed by atoms with Crippen molar-refractivity contribution in [3.8, 4) is 22.4 Å². The van der Waals surface area contributed by atoms with Gasteiger partial charge in [-0.1, -0.05) is 91.5 Å². The number of nitrogens with zero attached hydrogens (tertiary/aromatic N) is 2. The first-order chi connectivity index (χ1) is 22.2. The number of fused-ring (bicyclic) bond motifs is 2. The van der Waals surface area contributed by atoms with E-state index in [9.17, 15) is 9.90 Å². The van der Waals surface area contributed by atoms with Crippen molar-refractivity contribution in [1.82, 2.24) is 4.98 Å². The van der Waals surface area contributed by atoms with Gasteiger partial charge < -0.3 is 9.67 Å². The molecule has 5 aromatic rings. The molecule has 2 aromatic carbocycles. The second-order valence-corrected chi connectivity index (χ2v) is 15.0. The maximum atomic E-state index is 12.2. The van der Waals surface area contributed by atoms with Gasteiger partial charge in [0, 0.05) is 55.6 Å². The fraction of sp³-hybridized carbons (Fsp3) is 0.381. The van der Waals surface area contributed by atoms with Crippen LogP contribution in [0.4, 0.5) is 0 Å². The minimum absolute atomic E-state index is 0. The molecule has 0 bridgehead atoms. The molecule has 3 heterocycles. The number of ketones is 1. The number of aromatic nitrogens is 2. The molecule has 0 amide bonds. The first-order valence-electron chi connectivity index (χ1n) is 16.8. The number of rotatable bonds is 9. The minimum Gasteiger partial charge on any atom is -0.512 e. The second kappa shape index (κ2) is 15.9. The van der Waals surface area contributed by atoms with Crippen molar-refractivity contribution in [2.75, 3.05) is 0 Å². The summed E-state index contributed by atoms with van der Waals surface area (Å²) in [5.41, 5.74) is 5.08. The maximum absolute atomic E-state index is 12.2. The van der Waals surface area contributed by atoms with Crippen molar-refractivity contribution in [3.63, 3.8) is 0 Å². The Labute approximate surface area is 305 Å². The molecule has 0 atom stereocenters. The molecule has 1 radical (unpaired) electrons. The minimum atomic E-state index is -0.337. The molecule has 0 aliphatic heterocycles. The fourth-order valence-electron chi connectivity index (χ4n) is 5.63. The number of carbonyl (C=O) groups is 1. The van der Waals surface area contributed by atoms with E-state index in [4.69, 9.17) is 0 Å². The van der Waals surface area contributed by atoms with Crippen LogP contribution in [0.25, 0.3) is 43.4 Å². The molecule has 0 saturated heterocycles. The summed E-state index contributed by atoms with van der Waals surface area (Å²) in [6.45, 7) is 18.9. The van der Waals surface area contributed by atoms with Crippen LogP contribution in [0.1, 0.15) is 93.6 Å². The largest absolute Gasteiger partial charge is 0.512 e. The molecular weight excluding hydrogens is 789 g/mol. The zero-order chi connectivity index (χ0) is 34.6. The maximum Gasteiger partial charge on any atom is 0.164 e. The smallest absolute Gasteiger partial charge is 0.164 e. The third-order valence-electron chi connectivity index (χ3n) is 10.1. The van der Waals surface area contributed by atoms with E-state index in [1.165, 1.54) is 22.4 Å². The van der Waals surface area contributed by atoms with E-state index in [0.717, 1.165) is 58.3 Å². The van der Waals surface area contributed by atoms with E-state index >= 15 is 0 Å². The molecule has 5 rings (SSSR count). The number of thiophene rings is 1. The number of aliphatic hydroxyl groups excluding tert-OH is 1. The van der Waals surface area contributed by atoms with Crippen LogP contribution >= 0.6 is 11.3 Å². The van der Waals surface area contributed by atoms with Gasteiger partial charge in [-0.15, -0.1) is 40.5 Å². The van der Waals surface area contributed by atoms with Gasteiger partial charge in [0.2, 0.25) is 0 Å². The topological polar surface area (TPSA) is 54.1 Å². The van der Waals surface area contributed by atoms with Gasteiger partial charge >= 0.3 is 0 Å². The van der Waals surface area contributed by atoms with Gasteiger partial charge in [-0.2, -0.15) is 0 Å². The zero-order valence-corrected chi connectivity index (χ0v) is 33.2. The number of benzene rings is 2. The Bertz CT molecular complexity index is 1890. The Morgan fingerprint density at radius 2 is 1.56 bits per heavy atom. The fourth-order valence-corrected chi connectivity index (χ4v) is 6.35. The van der Waals surface area contributed by atoms with Crippen molar-refractivity contribution in [3.05, 3.63) is 103 Å². The predicted octanol–water partition coefficient (Wildman–Crippen LogP) is 11.5. The van der Waals surface area contributed by atoms with Crippen LogP contribution in [-0.4, -0.2) is 15.9 Å². The molecule has 0 fully saturated rings. The SMILES string of the molecule is CCC(C)(CC)C(=O)/C=C(\O)C(C)(CC)CC.[CH2-][n+]1ccc(-c2cnc3sccc3c2)cc1-c1[c-]c2ccccc2c(C(C)(C)C)c1.[Ir]. The molecule has 0 saturated carbocycles. The first-order valence-corrected chi connectivity index (χ1v) is 17.7. The van der Waals surface area contributed by atoms with E-state index < -0.39 is 0 Å². The van der Waals surface area contributed by atoms with Crippen LogP contribution in [0.5, 0.6) is 0 Å². The van der Waals surface area contributed by atoms with Gasteiger partial charge in [0.05, 0.1) is 6.20 Å². The van der Waals surface area contributed by atoms with Gasteiger partial charge in [0.15, 0.2) is 5.78 Å². The third kappa shape index (κ3) is 8.45. The summed E-state index contributed by atoms with van der Waals surface area (Å²) in [6.07, 6.45) is 8.72. The van der Waals surface area contributed by atoms with Crippen LogP contribution in [0, 0.1) is 23.9 Å². The van der Waals surface area contributed by atoms with Crippen molar-refractivity contribution in [2.24, 2.45) is 10.8 Å². The molecule has 3 aromatic heterocycles. The van der Waals surface area contributed by atoms with Gasteiger partial charge in [-0.3, -0.25) is 4.79 Å². The Morgan fingerprint density at radius 3 is 2.19 bits per heavy atom. The van der Waals surface area contributed by atoms with Crippen molar-refractivity contribution >= 4 is 38.1 Å². The van der Waals surface area contributed by atoms with Crippen molar-refractivity contribution in [2.45, 2.75) is 93.4 Å². The Morgan fingerprint density at radius 1 is 0.917 bits per heavy atom. The molecule has 0 aliphatic carbocycles. The molecule has 1 N–H and O–H groups in total. The van der Waals surface area contributed by atoms with Gasteiger partial charge in [0.25, 0.3) is 0 Å². The molecule has 6 heteroatoms. The van der Waals surface area contributed by atoms with Crippen molar-refractivity contribution < 1.29 is 34.6 Å². The molecule has 0 spiro atoms. The summed E-state index contributed by atoms with van der Waals surface area (Å²) < 4.78 is 1.92. The van der Waals surface area contributed by atoms with E-state index in [-0.39, 0.29) is 47.9 Å². The number of pyridine rings is 2. The van der Waals surface area contributed by atoms with Crippen LogP contribution in [0.3, 0.4) is 0 Å². The molecule has 0 unspecified atom stereocenters. The molecule has 0 aliphatic rings. The zero-order valence-electron chi connectivity index (χ0n) is 30.0. The number of hydrogen-bond donors (Lipinski definition) is 1. The van der Waals surface area contributed by atoms with Gasteiger partial charge in [-0.25, -0.2) is 4.98 Å². The summed E-state index contributed by atoms with van der Waals surface area (Å²) in [5.74, 6) is 0.286. The van der Waals surface area contributed by atoms with Crippen LogP contribution in [0.2, 0.25) is 0 Å². The summed E-state index contributed by atoms with van der Waals surface area (Å²) in [7, 11) is 4.23. The van der Waals surface area contributed by atoms with Crippen LogP contribution < -0.4 is 4.57 Å². The Hall–Kier alpha value is -3.31. The average molecular weight is 840 g/mol. The number of aliphatic hydroxyl groups is 1. The third-order valence-corrected chi connectivity index (χ3v) is 11.0. The number of allylic oxidation sites excluding steroid dienone is 2. The van der Waals surface area contributed by atoms with Gasteiger partial charge in [-0.05, 0) is 71.9 Å². The van der Waals surface area contributed by atoms with E-state index in [1.807, 2.05) is 58.5 Å². The Kier molecular flexibility index (Phi) is 13.0. The Balaban J connectivity index is 0.000000301. The number of hydrogen-bond acceptors (Lipinski definition) is 4. The molecule has 48 heavy (non-hydrogen) atoms. The van der Waals surface area contributed by atoms with E-state index in [1.54, 1.807) is 11.3 Å². The standard InChI is InChI=1S/C27H23N2S.C15H28O2.Ir/c1-27(2,3)24-15-21(13-19-7-5-6-8-23(19)24)25-16-18(9-11-29(25)4)22-14-20-10-12-30-26(20)28-17-22;1-7-14(5,8-2)12(16)11-13(17)15(6,9-3)10-4;/h5-12,14-17H,4H2,1-3H3;11,16H,7-10H2,1-6H3;/q-1;;/b;12-11-;. The summed E-state index contributed by atoms with van der Waals surface area (Å²) in [5, 5.41) is 15.8.